The Hall–Kier alpha value is -0.157. The molecule has 0 amide bonds. The molecule has 0 aromatic heterocycles. The SMILES string of the molecule is C1=C\CC/C=C\CC/1.C=C[CH2][Ru]([CH3])[CH3]. The van der Waals surface area contributed by atoms with E-state index in [-0.39, 0.29) is 16.0 Å². The van der Waals surface area contributed by atoms with Gasteiger partial charge in [-0.2, -0.15) is 0 Å². The van der Waals surface area contributed by atoms with Crippen LogP contribution in [0.3, 0.4) is 0 Å². The van der Waals surface area contributed by atoms with E-state index in [1.807, 2.05) is 6.08 Å². The summed E-state index contributed by atoms with van der Waals surface area (Å²) >= 11 is -0.323. The molecular formula is C13H23Ru. The Morgan fingerprint density at radius 1 is 1.00 bits per heavy atom. The Kier molecular flexibility index (Phi) is 10.8. The van der Waals surface area contributed by atoms with Gasteiger partial charge in [0.25, 0.3) is 0 Å². The second-order valence-corrected chi connectivity index (χ2v) is 8.29. The van der Waals surface area contributed by atoms with Crippen molar-refractivity contribution in [3.8, 4) is 0 Å². The van der Waals surface area contributed by atoms with Crippen LogP contribution in [0.25, 0.3) is 0 Å². The van der Waals surface area contributed by atoms with Crippen LogP contribution >= 0.6 is 0 Å². The van der Waals surface area contributed by atoms with E-state index in [0.717, 1.165) is 0 Å². The molecule has 83 valence electrons. The zero-order valence-electron chi connectivity index (χ0n) is 9.48. The van der Waals surface area contributed by atoms with E-state index in [0.29, 0.717) is 0 Å². The fraction of sp³-hybridized carbons (Fsp3) is 0.538. The third-order valence-corrected chi connectivity index (χ3v) is 3.64. The van der Waals surface area contributed by atoms with Crippen molar-refractivity contribution < 1.29 is 16.0 Å². The van der Waals surface area contributed by atoms with E-state index in [4.69, 9.17) is 0 Å². The van der Waals surface area contributed by atoms with Gasteiger partial charge in [0.05, 0.1) is 0 Å². The molecule has 0 saturated heterocycles. The van der Waals surface area contributed by atoms with Gasteiger partial charge in [-0.1, -0.05) is 24.3 Å². The monoisotopic (exact) mass is 281 g/mol. The molecule has 0 spiro atoms. The molecule has 1 rings (SSSR count). The molecule has 14 heavy (non-hydrogen) atoms. The first-order valence-corrected chi connectivity index (χ1v) is 9.78. The van der Waals surface area contributed by atoms with Gasteiger partial charge in [-0.25, -0.2) is 0 Å². The predicted molar refractivity (Wildman–Crippen MR) is 63.5 cm³/mol. The first kappa shape index (κ1) is 13.8. The molecule has 0 fully saturated rings. The summed E-state index contributed by atoms with van der Waals surface area (Å²) in [6.07, 6.45) is 16.0. The third-order valence-electron chi connectivity index (χ3n) is 1.72. The number of rotatable bonds is 2. The van der Waals surface area contributed by atoms with Crippen LogP contribution in [-0.4, -0.2) is 0 Å². The molecular weight excluding hydrogens is 257 g/mol. The van der Waals surface area contributed by atoms with Crippen LogP contribution in [0, 0.1) is 0 Å². The Labute approximate surface area is 94.7 Å². The summed E-state index contributed by atoms with van der Waals surface area (Å²) in [6, 6.07) is 0. The molecule has 0 unspecified atom stereocenters. The quantitative estimate of drug-likeness (QED) is 0.494. The fourth-order valence-corrected chi connectivity index (χ4v) is 2.06. The maximum atomic E-state index is 3.64. The van der Waals surface area contributed by atoms with Gasteiger partial charge in [0, 0.05) is 0 Å². The van der Waals surface area contributed by atoms with Crippen molar-refractivity contribution in [3.05, 3.63) is 37.0 Å². The second-order valence-electron chi connectivity index (χ2n) is 3.38. The standard InChI is InChI=1S/C8H12.C3H5.2CH3.Ru/c1-2-4-6-8-7-5-3-1;1-3-2;;;/h1-2,7-8H,3-6H2;3H,1-2H2;2*1H3;/b2-1-,8-7-;;;;. The van der Waals surface area contributed by atoms with Crippen molar-refractivity contribution in [2.24, 2.45) is 0 Å². The molecule has 0 radical (unpaired) electrons. The van der Waals surface area contributed by atoms with Crippen molar-refractivity contribution in [2.75, 3.05) is 0 Å². The topological polar surface area (TPSA) is 0 Å². The summed E-state index contributed by atoms with van der Waals surface area (Å²) in [4.78, 5) is 0. The van der Waals surface area contributed by atoms with Crippen molar-refractivity contribution in [1.82, 2.24) is 0 Å². The minimum absolute atomic E-state index is 0.323. The first-order valence-electron chi connectivity index (χ1n) is 5.07. The number of hydrogen-bond acceptors (Lipinski definition) is 0. The molecule has 0 bridgehead atoms. The maximum absolute atomic E-state index is 3.64. The molecule has 0 aromatic carbocycles. The van der Waals surface area contributed by atoms with E-state index in [2.05, 4.69) is 41.9 Å². The fourth-order valence-electron chi connectivity index (χ4n) is 1.06. The second kappa shape index (κ2) is 10.9. The van der Waals surface area contributed by atoms with Gasteiger partial charge in [-0.05, 0) is 25.7 Å². The summed E-state index contributed by atoms with van der Waals surface area (Å²) < 4.78 is 0. The number of hydrogen-bond donors (Lipinski definition) is 0. The van der Waals surface area contributed by atoms with Crippen molar-refractivity contribution in [3.63, 3.8) is 0 Å². The molecule has 1 aliphatic rings. The van der Waals surface area contributed by atoms with Crippen molar-refractivity contribution >= 4 is 0 Å². The zero-order chi connectivity index (χ0) is 10.6. The van der Waals surface area contributed by atoms with Crippen LogP contribution < -0.4 is 0 Å². The summed E-state index contributed by atoms with van der Waals surface area (Å²) in [7, 11) is 0. The van der Waals surface area contributed by atoms with Crippen LogP contribution in [-0.2, 0) is 16.0 Å². The Morgan fingerprint density at radius 3 is 1.50 bits per heavy atom. The van der Waals surface area contributed by atoms with Gasteiger partial charge in [-0.3, -0.25) is 0 Å². The summed E-state index contributed by atoms with van der Waals surface area (Å²) in [5.41, 5.74) is 4.65. The summed E-state index contributed by atoms with van der Waals surface area (Å²) in [5.74, 6) is 0. The molecule has 0 N–H and O–H groups in total. The van der Waals surface area contributed by atoms with Gasteiger partial charge in [-0.15, -0.1) is 0 Å². The van der Waals surface area contributed by atoms with Crippen molar-refractivity contribution in [2.45, 2.75) is 41.7 Å². The van der Waals surface area contributed by atoms with Crippen LogP contribution in [0.2, 0.25) is 16.1 Å². The molecule has 1 heteroatoms. The van der Waals surface area contributed by atoms with Gasteiger partial charge < -0.3 is 0 Å². The molecule has 1 aliphatic carbocycles. The average molecular weight is 280 g/mol. The van der Waals surface area contributed by atoms with Crippen LogP contribution in [0.4, 0.5) is 0 Å². The van der Waals surface area contributed by atoms with E-state index in [9.17, 15) is 0 Å². The van der Waals surface area contributed by atoms with Gasteiger partial charge in [0.2, 0.25) is 0 Å². The predicted octanol–water partition coefficient (Wildman–Crippen LogP) is 4.98. The Balaban J connectivity index is 0.000000255. The normalized spacial score (nSPS) is 20.6. The van der Waals surface area contributed by atoms with E-state index >= 15 is 0 Å². The zero-order valence-corrected chi connectivity index (χ0v) is 11.2. The average Bonchev–Trinajstić information content (AvgIpc) is 2.02. The third kappa shape index (κ3) is 11.8. The summed E-state index contributed by atoms with van der Waals surface area (Å²) in [6.45, 7) is 3.64. The molecule has 0 nitrogen and oxygen atoms in total. The molecule has 0 heterocycles. The van der Waals surface area contributed by atoms with Crippen LogP contribution in [0.5, 0.6) is 0 Å². The van der Waals surface area contributed by atoms with Crippen molar-refractivity contribution in [1.29, 1.82) is 0 Å². The number of allylic oxidation sites excluding steroid dienone is 5. The van der Waals surface area contributed by atoms with E-state index in [1.54, 1.807) is 0 Å². The Morgan fingerprint density at radius 2 is 1.36 bits per heavy atom. The van der Waals surface area contributed by atoms with Crippen LogP contribution in [0.1, 0.15) is 25.7 Å². The summed E-state index contributed by atoms with van der Waals surface area (Å²) in [5, 5.41) is 1.28. The van der Waals surface area contributed by atoms with Gasteiger partial charge >= 0.3 is 44.7 Å². The van der Waals surface area contributed by atoms with Gasteiger partial charge in [0.1, 0.15) is 0 Å². The Bertz CT molecular complexity index is 152. The molecule has 0 aliphatic heterocycles. The minimum atomic E-state index is -0.323. The van der Waals surface area contributed by atoms with Gasteiger partial charge in [0.15, 0.2) is 0 Å². The molecule has 0 atom stereocenters. The van der Waals surface area contributed by atoms with E-state index in [1.165, 1.54) is 30.7 Å². The van der Waals surface area contributed by atoms with Crippen LogP contribution in [0.15, 0.2) is 37.0 Å². The molecule has 0 aromatic rings. The van der Waals surface area contributed by atoms with E-state index < -0.39 is 0 Å². The first-order chi connectivity index (χ1) is 6.77. The molecule has 0 saturated carbocycles.